The second kappa shape index (κ2) is 4.31. The topological polar surface area (TPSA) is 30.9 Å². The first kappa shape index (κ1) is 11.1. The summed E-state index contributed by atoms with van der Waals surface area (Å²) in [6.45, 7) is 0.595. The SMILES string of the molecule is Cn1ccc2cc(-c3ccc(CN)cc3)ccc21. The molecule has 0 amide bonds. The van der Waals surface area contributed by atoms with E-state index in [0.29, 0.717) is 6.54 Å². The van der Waals surface area contributed by atoms with Gasteiger partial charge in [-0.25, -0.2) is 0 Å². The Morgan fingerprint density at radius 1 is 0.944 bits per heavy atom. The van der Waals surface area contributed by atoms with Gasteiger partial charge in [-0.3, -0.25) is 0 Å². The van der Waals surface area contributed by atoms with Crippen LogP contribution in [0.3, 0.4) is 0 Å². The number of nitrogens with zero attached hydrogens (tertiary/aromatic N) is 1. The van der Waals surface area contributed by atoms with Crippen molar-refractivity contribution in [3.05, 3.63) is 60.3 Å². The Hall–Kier alpha value is -2.06. The molecule has 2 nitrogen and oxygen atoms in total. The summed E-state index contributed by atoms with van der Waals surface area (Å²) in [4.78, 5) is 0. The molecular weight excluding hydrogens is 220 g/mol. The second-order valence-electron chi connectivity index (χ2n) is 4.60. The molecule has 18 heavy (non-hydrogen) atoms. The molecule has 1 heterocycles. The van der Waals surface area contributed by atoms with Crippen molar-refractivity contribution in [2.45, 2.75) is 6.54 Å². The van der Waals surface area contributed by atoms with E-state index < -0.39 is 0 Å². The van der Waals surface area contributed by atoms with E-state index >= 15 is 0 Å². The van der Waals surface area contributed by atoms with Crippen LogP contribution in [-0.2, 0) is 13.6 Å². The average molecular weight is 236 g/mol. The van der Waals surface area contributed by atoms with Crippen LogP contribution in [0.2, 0.25) is 0 Å². The van der Waals surface area contributed by atoms with Gasteiger partial charge in [-0.2, -0.15) is 0 Å². The van der Waals surface area contributed by atoms with Gasteiger partial charge in [0.1, 0.15) is 0 Å². The number of aryl methyl sites for hydroxylation is 1. The molecule has 2 heteroatoms. The van der Waals surface area contributed by atoms with Gasteiger partial charge < -0.3 is 10.3 Å². The lowest BCUT2D eigenvalue weighted by Crippen LogP contribution is -1.95. The molecule has 0 aliphatic heterocycles. The minimum Gasteiger partial charge on any atom is -0.351 e. The number of nitrogens with two attached hydrogens (primary N) is 1. The van der Waals surface area contributed by atoms with Crippen molar-refractivity contribution in [1.29, 1.82) is 0 Å². The summed E-state index contributed by atoms with van der Waals surface area (Å²) in [7, 11) is 2.07. The largest absolute Gasteiger partial charge is 0.351 e. The van der Waals surface area contributed by atoms with E-state index in [2.05, 4.69) is 66.3 Å². The van der Waals surface area contributed by atoms with Gasteiger partial charge in [-0.15, -0.1) is 0 Å². The lowest BCUT2D eigenvalue weighted by Gasteiger charge is -2.04. The normalized spacial score (nSPS) is 11.0. The first-order valence-electron chi connectivity index (χ1n) is 6.12. The van der Waals surface area contributed by atoms with Crippen molar-refractivity contribution < 1.29 is 0 Å². The highest BCUT2D eigenvalue weighted by molar-refractivity contribution is 5.85. The Balaban J connectivity index is 2.07. The molecule has 3 aromatic rings. The summed E-state index contributed by atoms with van der Waals surface area (Å²) in [5.41, 5.74) is 10.5. The van der Waals surface area contributed by atoms with Crippen LogP contribution in [0.1, 0.15) is 5.56 Å². The molecular formula is C16H16N2. The molecule has 0 aliphatic carbocycles. The standard InChI is InChI=1S/C16H16N2/c1-18-9-8-15-10-14(6-7-16(15)18)13-4-2-12(11-17)3-5-13/h2-10H,11,17H2,1H3. The third-order valence-corrected chi connectivity index (χ3v) is 3.41. The zero-order chi connectivity index (χ0) is 12.5. The van der Waals surface area contributed by atoms with Gasteiger partial charge in [0.05, 0.1) is 0 Å². The van der Waals surface area contributed by atoms with E-state index in [4.69, 9.17) is 5.73 Å². The molecule has 2 N–H and O–H groups in total. The van der Waals surface area contributed by atoms with Crippen molar-refractivity contribution in [2.75, 3.05) is 0 Å². The summed E-state index contributed by atoms with van der Waals surface area (Å²) >= 11 is 0. The highest BCUT2D eigenvalue weighted by Gasteiger charge is 2.02. The van der Waals surface area contributed by atoms with Crippen LogP contribution in [0, 0.1) is 0 Å². The van der Waals surface area contributed by atoms with Crippen LogP contribution in [-0.4, -0.2) is 4.57 Å². The fraction of sp³-hybridized carbons (Fsp3) is 0.125. The molecule has 0 spiro atoms. The number of aromatic nitrogens is 1. The summed E-state index contributed by atoms with van der Waals surface area (Å²) in [5.74, 6) is 0. The van der Waals surface area contributed by atoms with Gasteiger partial charge in [-0.05, 0) is 34.9 Å². The van der Waals surface area contributed by atoms with Crippen LogP contribution >= 0.6 is 0 Å². The van der Waals surface area contributed by atoms with Crippen molar-refractivity contribution in [3.63, 3.8) is 0 Å². The van der Waals surface area contributed by atoms with Gasteiger partial charge in [-0.1, -0.05) is 30.3 Å². The Kier molecular flexibility index (Phi) is 2.65. The summed E-state index contributed by atoms with van der Waals surface area (Å²) in [5, 5.41) is 1.28. The Morgan fingerprint density at radius 2 is 1.67 bits per heavy atom. The summed E-state index contributed by atoms with van der Waals surface area (Å²) in [6.07, 6.45) is 2.09. The van der Waals surface area contributed by atoms with Crippen LogP contribution < -0.4 is 5.73 Å². The number of fused-ring (bicyclic) bond motifs is 1. The van der Waals surface area contributed by atoms with Crippen LogP contribution in [0.5, 0.6) is 0 Å². The Morgan fingerprint density at radius 3 is 2.39 bits per heavy atom. The highest BCUT2D eigenvalue weighted by Crippen LogP contribution is 2.25. The molecule has 0 unspecified atom stereocenters. The fourth-order valence-electron chi connectivity index (χ4n) is 2.29. The average Bonchev–Trinajstić information content (AvgIpc) is 2.80. The molecule has 0 atom stereocenters. The first-order chi connectivity index (χ1) is 8.78. The molecule has 0 bridgehead atoms. The van der Waals surface area contributed by atoms with Gasteiger partial charge in [0.15, 0.2) is 0 Å². The lowest BCUT2D eigenvalue weighted by molar-refractivity contribution is 0.969. The fourth-order valence-corrected chi connectivity index (χ4v) is 2.29. The number of hydrogen-bond donors (Lipinski definition) is 1. The predicted molar refractivity (Wildman–Crippen MR) is 76.2 cm³/mol. The number of rotatable bonds is 2. The van der Waals surface area contributed by atoms with Crippen molar-refractivity contribution in [1.82, 2.24) is 4.57 Å². The van der Waals surface area contributed by atoms with E-state index in [1.165, 1.54) is 27.6 Å². The molecule has 2 aromatic carbocycles. The van der Waals surface area contributed by atoms with Crippen molar-refractivity contribution in [3.8, 4) is 11.1 Å². The zero-order valence-electron chi connectivity index (χ0n) is 10.4. The molecule has 0 saturated heterocycles. The maximum Gasteiger partial charge on any atom is 0.0478 e. The minimum atomic E-state index is 0.595. The smallest absolute Gasteiger partial charge is 0.0478 e. The van der Waals surface area contributed by atoms with Gasteiger partial charge >= 0.3 is 0 Å². The minimum absolute atomic E-state index is 0.595. The Bertz CT molecular complexity index is 678. The second-order valence-corrected chi connectivity index (χ2v) is 4.60. The molecule has 0 fully saturated rings. The molecule has 90 valence electrons. The van der Waals surface area contributed by atoms with Crippen LogP contribution in [0.25, 0.3) is 22.0 Å². The maximum absolute atomic E-state index is 5.61. The third-order valence-electron chi connectivity index (χ3n) is 3.41. The van der Waals surface area contributed by atoms with Crippen molar-refractivity contribution >= 4 is 10.9 Å². The van der Waals surface area contributed by atoms with Gasteiger partial charge in [0.25, 0.3) is 0 Å². The molecule has 0 saturated carbocycles. The maximum atomic E-state index is 5.61. The van der Waals surface area contributed by atoms with Crippen LogP contribution in [0.4, 0.5) is 0 Å². The molecule has 0 aliphatic rings. The summed E-state index contributed by atoms with van der Waals surface area (Å²) in [6, 6.07) is 17.1. The quantitative estimate of drug-likeness (QED) is 0.727. The zero-order valence-corrected chi connectivity index (χ0v) is 10.4. The van der Waals surface area contributed by atoms with E-state index in [1.54, 1.807) is 0 Å². The van der Waals surface area contributed by atoms with Gasteiger partial charge in [0, 0.05) is 30.7 Å². The third kappa shape index (κ3) is 1.81. The predicted octanol–water partition coefficient (Wildman–Crippen LogP) is 3.30. The highest BCUT2D eigenvalue weighted by atomic mass is 14.9. The number of benzene rings is 2. The number of hydrogen-bond acceptors (Lipinski definition) is 1. The van der Waals surface area contributed by atoms with E-state index in [1.807, 2.05) is 0 Å². The summed E-state index contributed by atoms with van der Waals surface area (Å²) < 4.78 is 2.14. The Labute approximate surface area is 107 Å². The van der Waals surface area contributed by atoms with Crippen LogP contribution in [0.15, 0.2) is 54.7 Å². The molecule has 1 aromatic heterocycles. The van der Waals surface area contributed by atoms with Crippen molar-refractivity contribution in [2.24, 2.45) is 12.8 Å². The van der Waals surface area contributed by atoms with E-state index in [-0.39, 0.29) is 0 Å². The van der Waals surface area contributed by atoms with E-state index in [9.17, 15) is 0 Å². The molecule has 3 rings (SSSR count). The van der Waals surface area contributed by atoms with Gasteiger partial charge in [0.2, 0.25) is 0 Å². The monoisotopic (exact) mass is 236 g/mol. The first-order valence-corrected chi connectivity index (χ1v) is 6.12. The lowest BCUT2D eigenvalue weighted by atomic mass is 10.0. The molecule has 0 radical (unpaired) electrons. The van der Waals surface area contributed by atoms with E-state index in [0.717, 1.165) is 0 Å².